The molecule has 0 aromatic heterocycles. The molecule has 0 aromatic carbocycles. The maximum atomic E-state index is 13.3. The molecule has 604 valence electrons. The molecule has 0 saturated heterocycles. The first-order valence-corrected chi connectivity index (χ1v) is 50.2. The molecular weight excluding hydrogens is 1410 g/mol. The van der Waals surface area contributed by atoms with Gasteiger partial charge < -0.3 is 25.2 Å². The largest absolute Gasteiger partial charge is 0.390 e. The van der Waals surface area contributed by atoms with Crippen molar-refractivity contribution in [2.75, 3.05) is 68.4 Å². The van der Waals surface area contributed by atoms with Crippen molar-refractivity contribution >= 4 is 70.2 Å². The number of methoxy groups -OCH3 is 1. The number of carbonyl (C=O) groups excluding carboxylic acids is 4. The zero-order valence-corrected chi connectivity index (χ0v) is 71.7. The topological polar surface area (TPSA) is 158 Å². The van der Waals surface area contributed by atoms with E-state index >= 15 is 0 Å². The lowest BCUT2D eigenvalue weighted by Crippen LogP contribution is -2.52. The predicted molar refractivity (Wildman–Crippen MR) is 440 cm³/mol. The van der Waals surface area contributed by atoms with Crippen molar-refractivity contribution in [3.8, 4) is 11.8 Å². The van der Waals surface area contributed by atoms with Gasteiger partial charge in [-0.1, -0.05) is 39.5 Å². The van der Waals surface area contributed by atoms with E-state index in [9.17, 15) is 44.0 Å². The van der Waals surface area contributed by atoms with Gasteiger partial charge in [0.15, 0.2) is 0 Å². The molecule has 17 aliphatic carbocycles. The van der Waals surface area contributed by atoms with Gasteiger partial charge in [-0.2, -0.15) is 47.0 Å². The van der Waals surface area contributed by atoms with Crippen LogP contribution < -0.4 is 0 Å². The van der Waals surface area contributed by atoms with Gasteiger partial charge in [0.2, 0.25) is 0 Å². The number of hydrogen-bond acceptors (Lipinski definition) is 13. The number of hydrogen-bond donors (Lipinski definition) is 4. The van der Waals surface area contributed by atoms with E-state index in [0.717, 1.165) is 166 Å². The molecule has 0 bridgehead atoms. The van der Waals surface area contributed by atoms with Gasteiger partial charge in [0, 0.05) is 36.7 Å². The molecule has 17 aliphatic rings. The number of alkyl halides is 1. The van der Waals surface area contributed by atoms with E-state index in [4.69, 9.17) is 4.74 Å². The van der Waals surface area contributed by atoms with Crippen LogP contribution in [0.1, 0.15) is 279 Å². The van der Waals surface area contributed by atoms with Crippen molar-refractivity contribution < 1.29 is 48.7 Å². The van der Waals surface area contributed by atoms with E-state index in [1.807, 2.05) is 13.2 Å². The molecule has 0 aromatic rings. The molecule has 32 atom stereocenters. The Morgan fingerprint density at radius 3 is 1.00 bits per heavy atom. The fourth-order valence-electron chi connectivity index (χ4n) is 32.1. The van der Waals surface area contributed by atoms with Gasteiger partial charge in [0.05, 0.1) is 46.4 Å². The normalized spacial score (nSPS) is 50.1. The molecule has 0 amide bonds. The molecule has 9 nitrogen and oxygen atoms in total. The third kappa shape index (κ3) is 16.2. The smallest absolute Gasteiger partial charge is 0.146 e. The van der Waals surface area contributed by atoms with Crippen molar-refractivity contribution in [3.63, 3.8) is 0 Å². The zero-order valence-electron chi connectivity index (χ0n) is 68.4. The van der Waals surface area contributed by atoms with Crippen LogP contribution in [0.4, 0.5) is 4.39 Å². The summed E-state index contributed by atoms with van der Waals surface area (Å²) in [5, 5.41) is 42.9. The molecule has 17 saturated carbocycles. The van der Waals surface area contributed by atoms with Gasteiger partial charge >= 0.3 is 0 Å². The van der Waals surface area contributed by atoms with Gasteiger partial charge in [-0.15, -0.1) is 0 Å². The van der Waals surface area contributed by atoms with E-state index in [2.05, 4.69) is 58.3 Å². The number of ether oxygens (including phenoxy) is 1. The van der Waals surface area contributed by atoms with Gasteiger partial charge in [-0.25, -0.2) is 4.39 Å². The van der Waals surface area contributed by atoms with Crippen LogP contribution in [-0.4, -0.2) is 134 Å². The van der Waals surface area contributed by atoms with Gasteiger partial charge in [-0.3, -0.25) is 19.2 Å². The Labute approximate surface area is 665 Å². The van der Waals surface area contributed by atoms with Crippen LogP contribution in [0.5, 0.6) is 0 Å². The van der Waals surface area contributed by atoms with Crippen LogP contribution in [0.3, 0.4) is 0 Å². The fourth-order valence-corrected chi connectivity index (χ4v) is 34.0. The Morgan fingerprint density at radius 1 is 0.355 bits per heavy atom. The third-order valence-electron chi connectivity index (χ3n) is 36.9. The molecule has 0 heterocycles. The summed E-state index contributed by atoms with van der Waals surface area (Å²) in [6.07, 6.45) is 52.2. The van der Waals surface area contributed by atoms with Crippen LogP contribution in [0, 0.1) is 181 Å². The summed E-state index contributed by atoms with van der Waals surface area (Å²) in [7, 11) is 1.71. The number of thioether (sulfide) groups is 4. The number of fused-ring (bicyclic) bond motifs is 20. The number of ketones is 4. The Balaban J connectivity index is 0.000000120. The van der Waals surface area contributed by atoms with Gasteiger partial charge in [-0.05, 0) is 416 Å². The van der Waals surface area contributed by atoms with Crippen LogP contribution in [-0.2, 0) is 23.9 Å². The van der Waals surface area contributed by atoms with Gasteiger partial charge in [0.1, 0.15) is 35.4 Å². The summed E-state index contributed by atoms with van der Waals surface area (Å²) in [5.41, 5.74) is -1.74. The molecular formula is C93H147FO9S4. The molecule has 4 N–H and O–H groups in total. The van der Waals surface area contributed by atoms with Crippen LogP contribution in [0.25, 0.3) is 0 Å². The number of carbonyl (C=O) groups is 4. The second kappa shape index (κ2) is 33.4. The first-order chi connectivity index (χ1) is 51.1. The van der Waals surface area contributed by atoms with Crippen molar-refractivity contribution in [3.05, 3.63) is 0 Å². The average Bonchev–Trinajstić information content (AvgIpc) is 1.68. The summed E-state index contributed by atoms with van der Waals surface area (Å²) in [4.78, 5) is 51.0. The second-order valence-corrected chi connectivity index (χ2v) is 45.6. The van der Waals surface area contributed by atoms with Gasteiger partial charge in [0.25, 0.3) is 0 Å². The minimum Gasteiger partial charge on any atom is -0.390 e. The summed E-state index contributed by atoms with van der Waals surface area (Å²) < 4.78 is 18.6. The maximum Gasteiger partial charge on any atom is 0.146 e. The fraction of sp³-hybridized carbons (Fsp3) is 0.935. The minimum atomic E-state index is -1.04. The Hall–Kier alpha value is -0.630. The van der Waals surface area contributed by atoms with Crippen molar-refractivity contribution in [2.45, 2.75) is 301 Å². The molecule has 0 spiro atoms. The number of Topliss-reactive ketones (excluding diaryl/α,β-unsaturated/α-hetero) is 4. The lowest BCUT2D eigenvalue weighted by atomic mass is 9.49. The lowest BCUT2D eigenvalue weighted by molar-refractivity contribution is -0.134. The predicted octanol–water partition coefficient (Wildman–Crippen LogP) is 19.7. The molecule has 107 heavy (non-hydrogen) atoms. The van der Waals surface area contributed by atoms with E-state index in [1.54, 1.807) is 54.2 Å². The Morgan fingerprint density at radius 2 is 0.664 bits per heavy atom. The second-order valence-electron chi connectivity index (χ2n) is 42.1. The summed E-state index contributed by atoms with van der Waals surface area (Å²) in [6, 6.07) is 0. The average molecular weight is 1560 g/mol. The lowest BCUT2D eigenvalue weighted by Gasteiger charge is -2.57. The highest BCUT2D eigenvalue weighted by Crippen LogP contribution is 2.70. The molecule has 0 radical (unpaired) electrons. The van der Waals surface area contributed by atoms with E-state index in [-0.39, 0.29) is 27.6 Å². The van der Waals surface area contributed by atoms with Crippen LogP contribution in [0.2, 0.25) is 0 Å². The molecule has 17 rings (SSSR count). The van der Waals surface area contributed by atoms with Crippen molar-refractivity contribution in [2.24, 2.45) is 170 Å². The Bertz CT molecular complexity index is 3190. The zero-order chi connectivity index (χ0) is 75.8. The van der Waals surface area contributed by atoms with Crippen LogP contribution in [0.15, 0.2) is 0 Å². The first kappa shape index (κ1) is 82.9. The highest BCUT2D eigenvalue weighted by Gasteiger charge is 2.64. The number of rotatable bonds is 15. The monoisotopic (exact) mass is 1550 g/mol. The SMILES string of the molecule is COC[C@]1(O)CC[C@H]2[C@H](CC[C@@H]3[C@@H]2CC[C@]2(C)[C@@H](C(=O)CSC)CC[C@@H]32)C1.CSCC(=O)[C@H]1CC[C@H]2[C@@H]3CC[C@@H]4C[C@@](C)(O)CC[C@@H]4[C@H]3CC[C@]12C.CSCC(=O)[C@H]1CC[C@H]2[C@@H]3CC[C@@H]4C[C@](O)(C#CC5CC5)CC[C@@H]4[C@H]3CC[C@]12C.CSCC(=O)[C@H]1CC[C@H]2[C@@H]3CC[C@@H]4C[C@](O)(CF)CC[C@@H]4[C@H]3CC[C@]12C. The van der Waals surface area contributed by atoms with Crippen LogP contribution >= 0.6 is 47.0 Å². The first-order valence-electron chi connectivity index (χ1n) is 44.7. The number of halogens is 1. The molecule has 17 fully saturated rings. The van der Waals surface area contributed by atoms with E-state index in [1.165, 1.54) is 154 Å². The maximum absolute atomic E-state index is 13.3. The highest BCUT2D eigenvalue weighted by molar-refractivity contribution is 7.99. The van der Waals surface area contributed by atoms with Crippen molar-refractivity contribution in [1.82, 2.24) is 0 Å². The van der Waals surface area contributed by atoms with E-state index in [0.29, 0.717) is 119 Å². The van der Waals surface area contributed by atoms with E-state index < -0.39 is 29.1 Å². The summed E-state index contributed by atoms with van der Waals surface area (Å²) >= 11 is 6.76. The highest BCUT2D eigenvalue weighted by atomic mass is 32.2. The molecule has 14 heteroatoms. The Kier molecular flexibility index (Phi) is 25.9. The summed E-state index contributed by atoms with van der Waals surface area (Å²) in [6.45, 7) is 11.7. The molecule has 0 unspecified atom stereocenters. The summed E-state index contributed by atoms with van der Waals surface area (Å²) in [5.74, 6) is 28.6. The standard InChI is InChI=1S/C26H38O2S.C23H38O3S.C22H35FO2S.C22H36O2S/c1-25-12-10-20-19-11-14-26(28,13-9-17-3-4-17)15-18(19)5-6-21(20)22(25)7-8-23(25)24(27)16-29-2;1-22-10-8-17-16-9-11-23(25,14-26-2)12-15(16)4-5-18(17)19(22)6-7-20(22)21(24)13-27-3;1-21-9-7-16-15-8-10-22(25,13-23)11-14(15)3-4-17(16)18(21)5-6-19(21)20(24)12-26-2;1-21(24)10-8-15-14(12-21)4-5-17-16(15)9-11-22(2)18(17)6-7-19(22)20(23)13-25-3/h17-23,28H,3-8,10-12,14-16H2,1-2H3;15-20,25H,4-14H2,1-3H3;14-19,25H,3-13H2,1-2H3;14-19,24H,4-13H2,1-3H3/t18-,19+,20-,21-,22+,23-,25+,26+;15-,16+,17-,18-,19+,20-,22+,23+;2*14-,15+,16-,17-,18+,19-,21+,22+/m1111/s1. The quantitative estimate of drug-likeness (QED) is 0.115. The molecule has 0 aliphatic heterocycles. The minimum absolute atomic E-state index is 0.217. The van der Waals surface area contributed by atoms with Crippen molar-refractivity contribution in [1.29, 1.82) is 0 Å². The third-order valence-corrected chi connectivity index (χ3v) is 39.2. The number of aliphatic hydroxyl groups is 4.